The minimum Gasteiger partial charge on any atom is -0.390 e. The first-order valence-electron chi connectivity index (χ1n) is 4.52. The van der Waals surface area contributed by atoms with Gasteiger partial charge in [0, 0.05) is 12.6 Å². The highest BCUT2D eigenvalue weighted by Gasteiger charge is 2.09. The molecule has 0 saturated carbocycles. The van der Waals surface area contributed by atoms with Gasteiger partial charge in [-0.05, 0) is 6.07 Å². The standard InChI is InChI=1S/C11H10ClF2NO/c1-2-7-3-9(13)10(14)4-11(7)15-6-8(16)5-12/h1,3-4,8,15-16H,5-6H2. The van der Waals surface area contributed by atoms with E-state index < -0.39 is 17.7 Å². The summed E-state index contributed by atoms with van der Waals surface area (Å²) in [4.78, 5) is 0. The van der Waals surface area contributed by atoms with Crippen molar-refractivity contribution in [2.24, 2.45) is 0 Å². The van der Waals surface area contributed by atoms with Crippen molar-refractivity contribution in [2.45, 2.75) is 6.10 Å². The first-order valence-corrected chi connectivity index (χ1v) is 5.05. The highest BCUT2D eigenvalue weighted by molar-refractivity contribution is 6.18. The second-order valence-corrected chi connectivity index (χ2v) is 3.45. The van der Waals surface area contributed by atoms with Crippen LogP contribution in [0.25, 0.3) is 0 Å². The molecule has 0 radical (unpaired) electrons. The van der Waals surface area contributed by atoms with Crippen LogP contribution in [-0.4, -0.2) is 23.6 Å². The Bertz CT molecular complexity index is 417. The van der Waals surface area contributed by atoms with Crippen molar-refractivity contribution in [1.82, 2.24) is 0 Å². The molecule has 0 amide bonds. The number of rotatable bonds is 4. The van der Waals surface area contributed by atoms with Gasteiger partial charge in [0.25, 0.3) is 0 Å². The summed E-state index contributed by atoms with van der Waals surface area (Å²) in [7, 11) is 0. The second-order valence-electron chi connectivity index (χ2n) is 3.15. The largest absolute Gasteiger partial charge is 0.390 e. The Morgan fingerprint density at radius 1 is 1.44 bits per heavy atom. The number of terminal acetylenes is 1. The van der Waals surface area contributed by atoms with Gasteiger partial charge in [0.2, 0.25) is 0 Å². The fourth-order valence-electron chi connectivity index (χ4n) is 1.09. The van der Waals surface area contributed by atoms with Crippen molar-refractivity contribution in [3.63, 3.8) is 0 Å². The molecule has 0 bridgehead atoms. The Labute approximate surface area is 97.2 Å². The number of hydrogen-bond acceptors (Lipinski definition) is 2. The summed E-state index contributed by atoms with van der Waals surface area (Å²) in [5.74, 6) is 0.264. The minimum atomic E-state index is -1.00. The Morgan fingerprint density at radius 3 is 2.62 bits per heavy atom. The molecule has 86 valence electrons. The lowest BCUT2D eigenvalue weighted by Gasteiger charge is -2.12. The van der Waals surface area contributed by atoms with Gasteiger partial charge in [-0.1, -0.05) is 5.92 Å². The third-order valence-corrected chi connectivity index (χ3v) is 2.28. The molecule has 2 nitrogen and oxygen atoms in total. The van der Waals surface area contributed by atoms with Gasteiger partial charge >= 0.3 is 0 Å². The molecule has 0 fully saturated rings. The van der Waals surface area contributed by atoms with E-state index in [0.29, 0.717) is 0 Å². The fraction of sp³-hybridized carbons (Fsp3) is 0.273. The first-order chi connectivity index (χ1) is 7.58. The molecule has 1 aromatic carbocycles. The maximum absolute atomic E-state index is 12.9. The summed E-state index contributed by atoms with van der Waals surface area (Å²) < 4.78 is 25.8. The molecule has 0 saturated heterocycles. The Morgan fingerprint density at radius 2 is 2.06 bits per heavy atom. The molecule has 0 aliphatic carbocycles. The van der Waals surface area contributed by atoms with Crippen molar-refractivity contribution < 1.29 is 13.9 Å². The van der Waals surface area contributed by atoms with Crippen molar-refractivity contribution in [2.75, 3.05) is 17.7 Å². The van der Waals surface area contributed by atoms with E-state index in [0.717, 1.165) is 12.1 Å². The number of hydrogen-bond donors (Lipinski definition) is 2. The van der Waals surface area contributed by atoms with E-state index in [-0.39, 0.29) is 23.7 Å². The molecule has 0 aliphatic heterocycles. The number of alkyl halides is 1. The van der Waals surface area contributed by atoms with E-state index in [1.807, 2.05) is 0 Å². The molecule has 2 N–H and O–H groups in total. The molecule has 0 spiro atoms. The van der Waals surface area contributed by atoms with Gasteiger partial charge < -0.3 is 10.4 Å². The number of nitrogens with one attached hydrogen (secondary N) is 1. The van der Waals surface area contributed by atoms with Gasteiger partial charge in [0.15, 0.2) is 11.6 Å². The van der Waals surface area contributed by atoms with Crippen molar-refractivity contribution in [3.8, 4) is 12.3 Å². The molecule has 5 heteroatoms. The van der Waals surface area contributed by atoms with Crippen LogP contribution in [0.2, 0.25) is 0 Å². The smallest absolute Gasteiger partial charge is 0.160 e. The molecule has 1 aromatic rings. The van der Waals surface area contributed by atoms with Gasteiger partial charge in [-0.3, -0.25) is 0 Å². The topological polar surface area (TPSA) is 32.3 Å². The molecule has 16 heavy (non-hydrogen) atoms. The summed E-state index contributed by atoms with van der Waals surface area (Å²) in [6.07, 6.45) is 4.36. The average Bonchev–Trinajstić information content (AvgIpc) is 2.29. The lowest BCUT2D eigenvalue weighted by Crippen LogP contribution is -2.21. The molecular formula is C11H10ClF2NO. The molecule has 0 heterocycles. The summed E-state index contributed by atoms with van der Waals surface area (Å²) in [6.45, 7) is 0.114. The SMILES string of the molecule is C#Cc1cc(F)c(F)cc1NCC(O)CCl. The van der Waals surface area contributed by atoms with Crippen LogP contribution in [0, 0.1) is 24.0 Å². The summed E-state index contributed by atoms with van der Waals surface area (Å²) in [6, 6.07) is 1.87. The van der Waals surface area contributed by atoms with Gasteiger partial charge in [-0.2, -0.15) is 0 Å². The van der Waals surface area contributed by atoms with Crippen LogP contribution in [0.15, 0.2) is 12.1 Å². The monoisotopic (exact) mass is 245 g/mol. The summed E-state index contributed by atoms with van der Waals surface area (Å²) in [5.41, 5.74) is 0.450. The van der Waals surface area contributed by atoms with Crippen LogP contribution in [0.5, 0.6) is 0 Å². The van der Waals surface area contributed by atoms with Gasteiger partial charge in [-0.25, -0.2) is 8.78 Å². The zero-order valence-corrected chi connectivity index (χ0v) is 9.06. The average molecular weight is 246 g/mol. The van der Waals surface area contributed by atoms with Crippen LogP contribution in [-0.2, 0) is 0 Å². The predicted molar refractivity (Wildman–Crippen MR) is 59.5 cm³/mol. The number of halogens is 3. The van der Waals surface area contributed by atoms with E-state index in [4.69, 9.17) is 18.0 Å². The summed E-state index contributed by atoms with van der Waals surface area (Å²) >= 11 is 5.38. The quantitative estimate of drug-likeness (QED) is 0.628. The second kappa shape index (κ2) is 5.69. The van der Waals surface area contributed by atoms with Crippen molar-refractivity contribution in [3.05, 3.63) is 29.3 Å². The van der Waals surface area contributed by atoms with Crippen LogP contribution >= 0.6 is 11.6 Å². The summed E-state index contributed by atoms with van der Waals surface area (Å²) in [5, 5.41) is 11.9. The van der Waals surface area contributed by atoms with E-state index in [2.05, 4.69) is 11.2 Å². The molecule has 1 atom stereocenters. The van der Waals surface area contributed by atoms with Gasteiger partial charge in [0.05, 0.1) is 23.2 Å². The Hall–Kier alpha value is -1.31. The maximum Gasteiger partial charge on any atom is 0.160 e. The van der Waals surface area contributed by atoms with E-state index >= 15 is 0 Å². The number of benzene rings is 1. The number of aliphatic hydroxyl groups excluding tert-OH is 1. The highest BCUT2D eigenvalue weighted by Crippen LogP contribution is 2.19. The van der Waals surface area contributed by atoms with Crippen LogP contribution in [0.3, 0.4) is 0 Å². The third-order valence-electron chi connectivity index (χ3n) is 1.92. The molecular weight excluding hydrogens is 236 g/mol. The van der Waals surface area contributed by atoms with Gasteiger partial charge in [-0.15, -0.1) is 18.0 Å². The molecule has 1 unspecified atom stereocenters. The predicted octanol–water partition coefficient (Wildman–Crippen LogP) is 1.96. The van der Waals surface area contributed by atoms with Crippen molar-refractivity contribution >= 4 is 17.3 Å². The van der Waals surface area contributed by atoms with Crippen LogP contribution in [0.1, 0.15) is 5.56 Å². The van der Waals surface area contributed by atoms with Crippen LogP contribution < -0.4 is 5.32 Å². The molecule has 0 aromatic heterocycles. The molecule has 1 rings (SSSR count). The third kappa shape index (κ3) is 3.09. The lowest BCUT2D eigenvalue weighted by atomic mass is 10.1. The minimum absolute atomic E-state index is 0.0437. The first kappa shape index (κ1) is 12.8. The maximum atomic E-state index is 12.9. The zero-order chi connectivity index (χ0) is 12.1. The van der Waals surface area contributed by atoms with E-state index in [1.54, 1.807) is 0 Å². The number of anilines is 1. The molecule has 0 aliphatic rings. The van der Waals surface area contributed by atoms with Crippen LogP contribution in [0.4, 0.5) is 14.5 Å². The normalized spacial score (nSPS) is 11.9. The van der Waals surface area contributed by atoms with E-state index in [9.17, 15) is 13.9 Å². The zero-order valence-electron chi connectivity index (χ0n) is 8.30. The Kier molecular flexibility index (Phi) is 4.53. The Balaban J connectivity index is 2.87. The lowest BCUT2D eigenvalue weighted by molar-refractivity contribution is 0.211. The highest BCUT2D eigenvalue weighted by atomic mass is 35.5. The number of aliphatic hydroxyl groups is 1. The fourth-order valence-corrected chi connectivity index (χ4v) is 1.20. The van der Waals surface area contributed by atoms with Crippen molar-refractivity contribution in [1.29, 1.82) is 0 Å². The van der Waals surface area contributed by atoms with E-state index in [1.165, 1.54) is 0 Å². The van der Waals surface area contributed by atoms with Gasteiger partial charge in [0.1, 0.15) is 0 Å².